The minimum atomic E-state index is -1.98. The molecule has 4 unspecified atom stereocenters. The molecule has 3 aromatic rings. The van der Waals surface area contributed by atoms with Crippen molar-refractivity contribution < 1.29 is 50.0 Å². The average molecular weight is 979 g/mol. The van der Waals surface area contributed by atoms with Crippen LogP contribution in [0.4, 0.5) is 0 Å². The van der Waals surface area contributed by atoms with Crippen LogP contribution in [0.2, 0.25) is 0 Å². The first-order valence-electron chi connectivity index (χ1n) is 26.9. The van der Waals surface area contributed by atoms with E-state index in [9.17, 15) is 35.7 Å². The van der Waals surface area contributed by atoms with Gasteiger partial charge in [-0.1, -0.05) is 71.1 Å². The van der Waals surface area contributed by atoms with Gasteiger partial charge in [0.2, 0.25) is 0 Å². The van der Waals surface area contributed by atoms with Crippen LogP contribution in [-0.2, 0) is 24.9 Å². The fraction of sp³-hybridized carbons (Fsp3) is 0.607. The first kappa shape index (κ1) is 54.3. The number of hydrogen-bond acceptors (Lipinski definition) is 10. The number of allylic oxidation sites excluding steroid dienone is 2. The molecule has 7 N–H and O–H groups in total. The van der Waals surface area contributed by atoms with Gasteiger partial charge in [0.15, 0.2) is 11.2 Å². The average Bonchev–Trinajstić information content (AvgIpc) is 3.67. The van der Waals surface area contributed by atoms with Gasteiger partial charge in [0.25, 0.3) is 0 Å². The van der Waals surface area contributed by atoms with Crippen LogP contribution < -0.4 is 14.2 Å². The van der Waals surface area contributed by atoms with Crippen LogP contribution in [0.25, 0.3) is 5.57 Å². The second kappa shape index (κ2) is 20.8. The zero-order chi connectivity index (χ0) is 52.0. The number of unbranched alkanes of at least 4 members (excludes halogenated alkanes) is 4. The Morgan fingerprint density at radius 3 is 1.92 bits per heavy atom. The fourth-order valence-corrected chi connectivity index (χ4v) is 12.7. The van der Waals surface area contributed by atoms with Gasteiger partial charge in [0, 0.05) is 11.5 Å². The lowest BCUT2D eigenvalue weighted by Gasteiger charge is -2.58. The zero-order valence-electron chi connectivity index (χ0n) is 44.8. The summed E-state index contributed by atoms with van der Waals surface area (Å²) in [4.78, 5) is 0. The van der Waals surface area contributed by atoms with Gasteiger partial charge in [-0.25, -0.2) is 0 Å². The first-order chi connectivity index (χ1) is 33.3. The maximum Gasteiger partial charge on any atom is 0.166 e. The molecule has 3 aromatic carbocycles. The molecule has 3 aliphatic carbocycles. The van der Waals surface area contributed by atoms with Crippen molar-refractivity contribution >= 4 is 5.57 Å². The van der Waals surface area contributed by atoms with Crippen molar-refractivity contribution in [3.63, 3.8) is 0 Å². The summed E-state index contributed by atoms with van der Waals surface area (Å²) in [5.41, 5.74) is 3.45. The summed E-state index contributed by atoms with van der Waals surface area (Å²) in [6, 6.07) is 11.5. The Kier molecular flexibility index (Phi) is 15.9. The Bertz CT molecular complexity index is 2510. The van der Waals surface area contributed by atoms with Gasteiger partial charge >= 0.3 is 0 Å². The zero-order valence-corrected chi connectivity index (χ0v) is 44.8. The molecule has 0 aromatic heterocycles. The van der Waals surface area contributed by atoms with Crippen molar-refractivity contribution in [3.05, 3.63) is 99.2 Å². The highest BCUT2D eigenvalue weighted by Crippen LogP contribution is 2.59. The number of aliphatic hydroxyl groups is 4. The molecular weight excluding hydrogens is 893 g/mol. The molecule has 390 valence electrons. The number of aromatic hydroxyl groups is 3. The van der Waals surface area contributed by atoms with Gasteiger partial charge in [0.1, 0.15) is 51.8 Å². The lowest BCUT2D eigenvalue weighted by molar-refractivity contribution is -0.272. The molecular formula is C61H86O10. The summed E-state index contributed by atoms with van der Waals surface area (Å²) in [5, 5.41) is 76.2. The van der Waals surface area contributed by atoms with Crippen molar-refractivity contribution in [2.24, 2.45) is 11.8 Å². The monoisotopic (exact) mass is 979 g/mol. The van der Waals surface area contributed by atoms with Crippen LogP contribution in [0.1, 0.15) is 199 Å². The smallest absolute Gasteiger partial charge is 0.166 e. The summed E-state index contributed by atoms with van der Waals surface area (Å²) in [7, 11) is 0. The van der Waals surface area contributed by atoms with E-state index in [-0.39, 0.29) is 41.3 Å². The lowest BCUT2D eigenvalue weighted by atomic mass is 9.60. The number of aliphatic hydroxyl groups excluding tert-OH is 1. The van der Waals surface area contributed by atoms with Crippen molar-refractivity contribution in [1.82, 2.24) is 0 Å². The van der Waals surface area contributed by atoms with E-state index in [0.717, 1.165) is 116 Å². The predicted molar refractivity (Wildman–Crippen MR) is 283 cm³/mol. The Morgan fingerprint density at radius 2 is 1.30 bits per heavy atom. The number of benzene rings is 3. The van der Waals surface area contributed by atoms with Crippen molar-refractivity contribution in [2.45, 2.75) is 225 Å². The van der Waals surface area contributed by atoms with E-state index in [4.69, 9.17) is 14.2 Å². The van der Waals surface area contributed by atoms with E-state index in [2.05, 4.69) is 60.3 Å². The molecule has 1 fully saturated rings. The largest absolute Gasteiger partial charge is 0.508 e. The topological polar surface area (TPSA) is 169 Å². The molecule has 10 heteroatoms. The second-order valence-electron chi connectivity index (χ2n) is 23.4. The van der Waals surface area contributed by atoms with Gasteiger partial charge in [-0.3, -0.25) is 0 Å². The number of hydrogen-bond donors (Lipinski definition) is 7. The number of phenolic OH excluding ortho intramolecular Hbond substituents is 3. The third-order valence-electron chi connectivity index (χ3n) is 16.6. The van der Waals surface area contributed by atoms with Gasteiger partial charge in [-0.05, 0) is 208 Å². The van der Waals surface area contributed by atoms with E-state index < -0.39 is 28.5 Å². The highest BCUT2D eigenvalue weighted by Gasteiger charge is 2.69. The summed E-state index contributed by atoms with van der Waals surface area (Å²) >= 11 is 0. The van der Waals surface area contributed by atoms with Gasteiger partial charge < -0.3 is 50.0 Å². The summed E-state index contributed by atoms with van der Waals surface area (Å²) in [5.74, 6) is 3.49. The van der Waals surface area contributed by atoms with Crippen molar-refractivity contribution in [2.75, 3.05) is 0 Å². The predicted octanol–water partition coefficient (Wildman–Crippen LogP) is 12.7. The number of ether oxygens (including phenoxy) is 3. The Morgan fingerprint density at radius 1 is 0.718 bits per heavy atom. The molecule has 9 rings (SSSR count). The van der Waals surface area contributed by atoms with Crippen LogP contribution in [0.5, 0.6) is 34.5 Å². The molecule has 3 heterocycles. The SMILES string of the molecule is C=C(C)[C@@H]1CC[C@](C)(O)[C@H]2Oc3cc(CCCCC)cc(O)c3[C@@H]12.CCCCc1cc(O)c2c(c1)OC(C)(C)C1(O)C(O)CC(C)=CC21O.CCCCc1cc(O)c2c(c1)OC(C)(C)C1=C2CC(C)CC1. The van der Waals surface area contributed by atoms with E-state index in [1.807, 2.05) is 32.0 Å². The van der Waals surface area contributed by atoms with E-state index >= 15 is 0 Å². The molecule has 10 nitrogen and oxygen atoms in total. The maximum absolute atomic E-state index is 11.5. The second-order valence-corrected chi connectivity index (χ2v) is 23.4. The normalized spacial score (nSPS) is 29.3. The number of fused-ring (bicyclic) bond motifs is 8. The quantitative estimate of drug-likeness (QED) is 0.0725. The standard InChI is InChI=1S/C21H30O3.C20H28O5.C20H28O2/c1-5-6-7-8-14-11-16(22)19-17(12-14)24-20-18(19)15(13(2)3)9-10-21(20,4)23;1-5-6-7-13-9-14(21)17-15(10-13)25-18(3,4)20(24)16(22)8-12(2)11-19(17,20)23;1-5-6-7-14-11-17(21)19-15-10-13(2)8-9-16(15)20(3,4)22-18(19)12-14/h11-12,15,18,20,22-23H,2,5-10H2,1,3-4H3;9-11,16,21-24H,5-8H2,1-4H3;11-13,21H,5-10H2,1-4H3/t15-,18+,20-,21-;;/m0../s1. The van der Waals surface area contributed by atoms with Crippen LogP contribution >= 0.6 is 0 Å². The molecule has 1 saturated carbocycles. The van der Waals surface area contributed by atoms with Gasteiger partial charge in [-0.15, -0.1) is 0 Å². The van der Waals surface area contributed by atoms with Crippen molar-refractivity contribution in [1.29, 1.82) is 0 Å². The third kappa shape index (κ3) is 10.3. The summed E-state index contributed by atoms with van der Waals surface area (Å²) < 4.78 is 18.5. The summed E-state index contributed by atoms with van der Waals surface area (Å²) in [6.45, 7) is 26.2. The van der Waals surface area contributed by atoms with E-state index in [0.29, 0.717) is 29.6 Å². The van der Waals surface area contributed by atoms with Crippen LogP contribution in [0.3, 0.4) is 0 Å². The highest BCUT2D eigenvalue weighted by atomic mass is 16.5. The lowest BCUT2D eigenvalue weighted by Crippen LogP contribution is -2.74. The van der Waals surface area contributed by atoms with E-state index in [1.165, 1.54) is 42.0 Å². The Hall–Kier alpha value is -4.48. The Labute approximate surface area is 424 Å². The fourth-order valence-electron chi connectivity index (χ4n) is 12.7. The van der Waals surface area contributed by atoms with Crippen LogP contribution in [-0.4, -0.2) is 70.4 Å². The molecule has 0 spiro atoms. The number of rotatable bonds is 11. The van der Waals surface area contributed by atoms with Gasteiger partial charge in [0.05, 0.1) is 22.8 Å². The molecule has 0 amide bonds. The molecule has 8 atom stereocenters. The van der Waals surface area contributed by atoms with Crippen molar-refractivity contribution in [3.8, 4) is 34.5 Å². The van der Waals surface area contributed by atoms with Crippen LogP contribution in [0.15, 0.2) is 65.8 Å². The minimum Gasteiger partial charge on any atom is -0.508 e. The highest BCUT2D eigenvalue weighted by molar-refractivity contribution is 5.81. The maximum atomic E-state index is 11.5. The number of aryl methyl sites for hydroxylation is 3. The third-order valence-corrected chi connectivity index (χ3v) is 16.6. The molecule has 0 bridgehead atoms. The number of phenols is 3. The first-order valence-corrected chi connectivity index (χ1v) is 26.9. The minimum absolute atomic E-state index is 0.00839. The molecule has 0 saturated heterocycles. The Balaban J connectivity index is 0.000000157. The molecule has 6 aliphatic rings. The van der Waals surface area contributed by atoms with E-state index in [1.54, 1.807) is 26.8 Å². The summed E-state index contributed by atoms with van der Waals surface area (Å²) in [6.07, 6.45) is 15.7. The molecule has 0 radical (unpaired) electrons. The van der Waals surface area contributed by atoms with Gasteiger partial charge in [-0.2, -0.15) is 0 Å². The molecule has 71 heavy (non-hydrogen) atoms. The van der Waals surface area contributed by atoms with Crippen LogP contribution in [0, 0.1) is 11.8 Å². The molecule has 3 aliphatic heterocycles.